The second-order valence-corrected chi connectivity index (χ2v) is 3.70. The third-order valence-electron chi connectivity index (χ3n) is 2.57. The third-order valence-corrected chi connectivity index (χ3v) is 2.57. The minimum absolute atomic E-state index is 0.123. The standard InChI is InChI=1S/C12H12F2N4/c13-2-9-5-16-11(1-8(9)4-15)10-6-17-12(3-14)18-7-10/h1,5-7H,2-4,15H2. The molecule has 2 aromatic rings. The molecule has 18 heavy (non-hydrogen) atoms. The Kier molecular flexibility index (Phi) is 3.88. The molecule has 6 heteroatoms. The van der Waals surface area contributed by atoms with Crippen LogP contribution in [0.25, 0.3) is 11.3 Å². The first kappa shape index (κ1) is 12.5. The van der Waals surface area contributed by atoms with Crippen LogP contribution >= 0.6 is 0 Å². The van der Waals surface area contributed by atoms with Crippen LogP contribution in [-0.2, 0) is 19.9 Å². The zero-order valence-corrected chi connectivity index (χ0v) is 9.61. The van der Waals surface area contributed by atoms with E-state index >= 15 is 0 Å². The molecule has 0 spiro atoms. The van der Waals surface area contributed by atoms with Gasteiger partial charge < -0.3 is 5.73 Å². The number of nitrogens with zero attached hydrogens (tertiary/aromatic N) is 3. The molecule has 94 valence electrons. The van der Waals surface area contributed by atoms with E-state index in [-0.39, 0.29) is 12.4 Å². The average molecular weight is 250 g/mol. The minimum atomic E-state index is -0.706. The van der Waals surface area contributed by atoms with E-state index in [4.69, 9.17) is 5.73 Å². The SMILES string of the molecule is NCc1cc(-c2cnc(CF)nc2)ncc1CF. The molecule has 0 fully saturated rings. The van der Waals surface area contributed by atoms with Gasteiger partial charge in [-0.15, -0.1) is 0 Å². The van der Waals surface area contributed by atoms with E-state index in [0.29, 0.717) is 22.4 Å². The number of pyridine rings is 1. The molecule has 0 bridgehead atoms. The highest BCUT2D eigenvalue weighted by molar-refractivity contribution is 5.58. The Balaban J connectivity index is 2.37. The van der Waals surface area contributed by atoms with Crippen molar-refractivity contribution in [3.05, 3.63) is 41.6 Å². The van der Waals surface area contributed by atoms with Crippen LogP contribution in [0, 0.1) is 0 Å². The van der Waals surface area contributed by atoms with Crippen molar-refractivity contribution < 1.29 is 8.78 Å². The van der Waals surface area contributed by atoms with Crippen LogP contribution in [0.5, 0.6) is 0 Å². The van der Waals surface area contributed by atoms with Gasteiger partial charge in [0.2, 0.25) is 0 Å². The molecule has 0 aromatic carbocycles. The quantitative estimate of drug-likeness (QED) is 0.900. The van der Waals surface area contributed by atoms with Gasteiger partial charge >= 0.3 is 0 Å². The smallest absolute Gasteiger partial charge is 0.159 e. The summed E-state index contributed by atoms with van der Waals surface area (Å²) in [6.07, 6.45) is 4.42. The zero-order valence-electron chi connectivity index (χ0n) is 9.61. The van der Waals surface area contributed by atoms with Crippen molar-refractivity contribution in [2.24, 2.45) is 5.73 Å². The van der Waals surface area contributed by atoms with Crippen molar-refractivity contribution in [2.75, 3.05) is 0 Å². The fourth-order valence-corrected chi connectivity index (χ4v) is 1.55. The number of hydrogen-bond acceptors (Lipinski definition) is 4. The average Bonchev–Trinajstić information content (AvgIpc) is 2.46. The Morgan fingerprint density at radius 1 is 0.944 bits per heavy atom. The van der Waals surface area contributed by atoms with Crippen LogP contribution in [0.15, 0.2) is 24.7 Å². The van der Waals surface area contributed by atoms with Crippen molar-refractivity contribution in [1.29, 1.82) is 0 Å². The molecular weight excluding hydrogens is 238 g/mol. The van der Waals surface area contributed by atoms with Gasteiger partial charge in [-0.2, -0.15) is 0 Å². The van der Waals surface area contributed by atoms with E-state index in [1.54, 1.807) is 6.07 Å². The lowest BCUT2D eigenvalue weighted by molar-refractivity contribution is 0.465. The molecule has 0 aliphatic carbocycles. The van der Waals surface area contributed by atoms with Gasteiger partial charge in [0.15, 0.2) is 5.82 Å². The van der Waals surface area contributed by atoms with Crippen LogP contribution < -0.4 is 5.73 Å². The van der Waals surface area contributed by atoms with Crippen LogP contribution in [0.2, 0.25) is 0 Å². The summed E-state index contributed by atoms with van der Waals surface area (Å²) in [7, 11) is 0. The summed E-state index contributed by atoms with van der Waals surface area (Å²) >= 11 is 0. The monoisotopic (exact) mass is 250 g/mol. The van der Waals surface area contributed by atoms with Crippen molar-refractivity contribution in [1.82, 2.24) is 15.0 Å². The van der Waals surface area contributed by atoms with E-state index < -0.39 is 13.3 Å². The molecule has 2 aromatic heterocycles. The summed E-state index contributed by atoms with van der Waals surface area (Å²) in [5.41, 5.74) is 7.95. The molecule has 2 rings (SSSR count). The molecule has 2 N–H and O–H groups in total. The first-order chi connectivity index (χ1) is 8.78. The largest absolute Gasteiger partial charge is 0.326 e. The Labute approximate surface area is 103 Å². The van der Waals surface area contributed by atoms with Crippen molar-refractivity contribution in [3.63, 3.8) is 0 Å². The second-order valence-electron chi connectivity index (χ2n) is 3.70. The summed E-state index contributed by atoms with van der Waals surface area (Å²) < 4.78 is 24.9. The van der Waals surface area contributed by atoms with E-state index in [1.165, 1.54) is 18.6 Å². The van der Waals surface area contributed by atoms with Crippen LogP contribution in [-0.4, -0.2) is 15.0 Å². The molecule has 2 heterocycles. The maximum atomic E-state index is 12.6. The molecule has 0 aliphatic rings. The third kappa shape index (κ3) is 2.48. The number of nitrogens with two attached hydrogens (primary N) is 1. The van der Waals surface area contributed by atoms with E-state index in [2.05, 4.69) is 15.0 Å². The summed E-state index contributed by atoms with van der Waals surface area (Å²) in [5, 5.41) is 0. The summed E-state index contributed by atoms with van der Waals surface area (Å²) in [6.45, 7) is -1.07. The molecule has 0 amide bonds. The normalized spacial score (nSPS) is 10.6. The first-order valence-electron chi connectivity index (χ1n) is 5.39. The van der Waals surface area contributed by atoms with Crippen LogP contribution in [0.4, 0.5) is 8.78 Å². The molecular formula is C12H12F2N4. The molecule has 0 saturated heterocycles. The molecule has 0 unspecified atom stereocenters. The summed E-state index contributed by atoms with van der Waals surface area (Å²) in [6, 6.07) is 1.70. The van der Waals surface area contributed by atoms with Gasteiger partial charge in [-0.3, -0.25) is 4.98 Å². The number of rotatable bonds is 4. The van der Waals surface area contributed by atoms with Gasteiger partial charge in [0.05, 0.1) is 5.69 Å². The predicted octanol–water partition coefficient (Wildman–Crippen LogP) is 1.94. The Hall–Kier alpha value is -1.95. The maximum Gasteiger partial charge on any atom is 0.159 e. The van der Waals surface area contributed by atoms with E-state index in [9.17, 15) is 8.78 Å². The number of hydrogen-bond donors (Lipinski definition) is 1. The summed E-state index contributed by atoms with van der Waals surface area (Å²) in [5.74, 6) is 0.123. The van der Waals surface area contributed by atoms with Crippen molar-refractivity contribution in [2.45, 2.75) is 19.9 Å². The van der Waals surface area contributed by atoms with Gasteiger partial charge in [0.1, 0.15) is 13.3 Å². The summed E-state index contributed by atoms with van der Waals surface area (Å²) in [4.78, 5) is 11.8. The zero-order chi connectivity index (χ0) is 13.0. The van der Waals surface area contributed by atoms with Crippen LogP contribution in [0.3, 0.4) is 0 Å². The highest BCUT2D eigenvalue weighted by Gasteiger charge is 2.07. The van der Waals surface area contributed by atoms with Crippen molar-refractivity contribution in [3.8, 4) is 11.3 Å². The van der Waals surface area contributed by atoms with Gasteiger partial charge in [-0.1, -0.05) is 0 Å². The predicted molar refractivity (Wildman–Crippen MR) is 62.8 cm³/mol. The lowest BCUT2D eigenvalue weighted by atomic mass is 10.1. The Bertz CT molecular complexity index is 528. The molecule has 0 aliphatic heterocycles. The molecule has 0 atom stereocenters. The number of halogens is 2. The fourth-order valence-electron chi connectivity index (χ4n) is 1.55. The number of alkyl halides is 2. The highest BCUT2D eigenvalue weighted by atomic mass is 19.1. The van der Waals surface area contributed by atoms with Gasteiger partial charge in [-0.05, 0) is 11.6 Å². The number of aromatic nitrogens is 3. The molecule has 4 nitrogen and oxygen atoms in total. The van der Waals surface area contributed by atoms with Gasteiger partial charge in [0, 0.05) is 36.3 Å². The van der Waals surface area contributed by atoms with E-state index in [1.807, 2.05) is 0 Å². The fraction of sp³-hybridized carbons (Fsp3) is 0.250. The van der Waals surface area contributed by atoms with Gasteiger partial charge in [0.25, 0.3) is 0 Å². The Morgan fingerprint density at radius 3 is 2.22 bits per heavy atom. The topological polar surface area (TPSA) is 64.7 Å². The molecule has 0 radical (unpaired) electrons. The lowest BCUT2D eigenvalue weighted by Gasteiger charge is -2.06. The lowest BCUT2D eigenvalue weighted by Crippen LogP contribution is -2.02. The first-order valence-corrected chi connectivity index (χ1v) is 5.39. The van der Waals surface area contributed by atoms with Crippen molar-refractivity contribution >= 4 is 0 Å². The minimum Gasteiger partial charge on any atom is -0.326 e. The van der Waals surface area contributed by atoms with E-state index in [0.717, 1.165) is 0 Å². The maximum absolute atomic E-state index is 12.6. The Morgan fingerprint density at radius 2 is 1.67 bits per heavy atom. The molecule has 0 saturated carbocycles. The second kappa shape index (κ2) is 5.59. The van der Waals surface area contributed by atoms with Crippen LogP contribution in [0.1, 0.15) is 17.0 Å². The highest BCUT2D eigenvalue weighted by Crippen LogP contribution is 2.19. The van der Waals surface area contributed by atoms with Gasteiger partial charge in [-0.25, -0.2) is 18.7 Å².